The van der Waals surface area contributed by atoms with E-state index in [1.165, 1.54) is 19.1 Å². The first-order valence-corrected chi connectivity index (χ1v) is 8.39. The van der Waals surface area contributed by atoms with Crippen molar-refractivity contribution in [3.05, 3.63) is 82.9 Å². The van der Waals surface area contributed by atoms with Gasteiger partial charge in [-0.3, -0.25) is 5.41 Å². The quantitative estimate of drug-likeness (QED) is 0.592. The molecule has 0 saturated heterocycles. The first-order valence-electron chi connectivity index (χ1n) is 8.39. The predicted molar refractivity (Wildman–Crippen MR) is 105 cm³/mol. The Morgan fingerprint density at radius 1 is 1.14 bits per heavy atom. The minimum absolute atomic E-state index is 0.0348. The maximum absolute atomic E-state index is 13.0. The van der Waals surface area contributed by atoms with Crippen molar-refractivity contribution in [3.63, 3.8) is 0 Å². The van der Waals surface area contributed by atoms with E-state index < -0.39 is 11.7 Å². The lowest BCUT2D eigenvalue weighted by Crippen LogP contribution is -2.12. The van der Waals surface area contributed by atoms with Crippen molar-refractivity contribution in [2.75, 3.05) is 0 Å². The number of hydrogen-bond acceptors (Lipinski definition) is 5. The lowest BCUT2D eigenvalue weighted by atomic mass is 10.1. The molecule has 9 heteroatoms. The summed E-state index contributed by atoms with van der Waals surface area (Å²) >= 11 is 0. The largest absolute Gasteiger partial charge is 0.417 e. The van der Waals surface area contributed by atoms with Gasteiger partial charge in [0.1, 0.15) is 0 Å². The van der Waals surface area contributed by atoms with Crippen LogP contribution in [0.25, 0.3) is 0 Å². The van der Waals surface area contributed by atoms with Crippen LogP contribution in [0.1, 0.15) is 23.6 Å². The first-order chi connectivity index (χ1) is 13.8. The van der Waals surface area contributed by atoms with Gasteiger partial charge >= 0.3 is 6.18 Å². The van der Waals surface area contributed by atoms with Gasteiger partial charge in [0, 0.05) is 11.3 Å². The third-order valence-electron chi connectivity index (χ3n) is 3.96. The molecule has 1 heterocycles. The van der Waals surface area contributed by atoms with Crippen LogP contribution in [0.5, 0.6) is 0 Å². The predicted octanol–water partition coefficient (Wildman–Crippen LogP) is 4.34. The van der Waals surface area contributed by atoms with Gasteiger partial charge in [0.15, 0.2) is 11.5 Å². The molecule has 0 amide bonds. The van der Waals surface area contributed by atoms with Gasteiger partial charge in [-0.05, 0) is 43.5 Å². The van der Waals surface area contributed by atoms with Crippen LogP contribution in [0, 0.1) is 5.41 Å². The van der Waals surface area contributed by atoms with Gasteiger partial charge in [0.05, 0.1) is 5.56 Å². The molecule has 29 heavy (non-hydrogen) atoms. The van der Waals surface area contributed by atoms with E-state index in [0.717, 1.165) is 12.1 Å². The smallest absolute Gasteiger partial charge is 0.416 e. The van der Waals surface area contributed by atoms with E-state index in [4.69, 9.17) is 10.1 Å². The zero-order valence-electron chi connectivity index (χ0n) is 15.3. The van der Waals surface area contributed by atoms with Crippen LogP contribution in [-0.4, -0.2) is 24.2 Å². The molecule has 2 aromatic carbocycles. The van der Waals surface area contributed by atoms with Crippen molar-refractivity contribution in [1.82, 2.24) is 5.43 Å². The van der Waals surface area contributed by atoms with Crippen molar-refractivity contribution in [2.45, 2.75) is 13.1 Å². The summed E-state index contributed by atoms with van der Waals surface area (Å²) in [6, 6.07) is 13.8. The topological polar surface area (TPSA) is 82.2 Å². The molecule has 0 atom stereocenters. The summed E-state index contributed by atoms with van der Waals surface area (Å²) in [4.78, 5) is 7.81. The highest BCUT2D eigenvalue weighted by atomic mass is 19.4. The third-order valence-corrected chi connectivity index (χ3v) is 3.96. The molecule has 2 aromatic rings. The number of halogens is 3. The Hall–Kier alpha value is -3.75. The van der Waals surface area contributed by atoms with E-state index in [1.807, 2.05) is 18.2 Å². The Morgan fingerprint density at radius 3 is 2.52 bits per heavy atom. The zero-order valence-corrected chi connectivity index (χ0v) is 15.3. The Morgan fingerprint density at radius 2 is 1.86 bits per heavy atom. The number of ether oxygens (including phenoxy) is 1. The van der Waals surface area contributed by atoms with Crippen LogP contribution < -0.4 is 5.43 Å². The highest BCUT2D eigenvalue weighted by Crippen LogP contribution is 2.30. The Kier molecular flexibility index (Phi) is 5.58. The van der Waals surface area contributed by atoms with Crippen LogP contribution in [-0.2, 0) is 10.9 Å². The van der Waals surface area contributed by atoms with E-state index in [9.17, 15) is 13.2 Å². The summed E-state index contributed by atoms with van der Waals surface area (Å²) < 4.78 is 44.6. The highest BCUT2D eigenvalue weighted by molar-refractivity contribution is 6.06. The van der Waals surface area contributed by atoms with Crippen molar-refractivity contribution in [1.29, 1.82) is 5.41 Å². The molecule has 0 bridgehead atoms. The average molecular weight is 399 g/mol. The molecular weight excluding hydrogens is 383 g/mol. The normalized spacial score (nSPS) is 15.9. The monoisotopic (exact) mass is 399 g/mol. The fourth-order valence-electron chi connectivity index (χ4n) is 2.49. The van der Waals surface area contributed by atoms with E-state index in [0.29, 0.717) is 5.56 Å². The molecule has 1 aliphatic heterocycles. The van der Waals surface area contributed by atoms with Crippen LogP contribution >= 0.6 is 0 Å². The molecule has 0 aliphatic carbocycles. The summed E-state index contributed by atoms with van der Waals surface area (Å²) in [5.41, 5.74) is 3.00. The standard InChI is InChI=1S/C20H16F3N5O/c1-12(14-9-6-10-15(11-14)20(21,22)23)26-16(17(24)25-2)19-28-27-18(29-19)13-7-4-3-5-8-13/h3-11,24,28H,2H2,1H3. The average Bonchev–Trinajstić information content (AvgIpc) is 3.21. The number of amidine groups is 1. The second kappa shape index (κ2) is 8.09. The summed E-state index contributed by atoms with van der Waals surface area (Å²) in [7, 11) is 0. The molecule has 3 rings (SSSR count). The Bertz CT molecular complexity index is 1040. The highest BCUT2D eigenvalue weighted by Gasteiger charge is 2.30. The number of hydrazone groups is 1. The second-order valence-electron chi connectivity index (χ2n) is 5.96. The number of rotatable bonds is 4. The molecule has 0 spiro atoms. The minimum atomic E-state index is -4.47. The van der Waals surface area contributed by atoms with Gasteiger partial charge in [0.2, 0.25) is 11.8 Å². The molecule has 6 nitrogen and oxygen atoms in total. The maximum Gasteiger partial charge on any atom is 0.416 e. The molecule has 2 N–H and O–H groups in total. The van der Waals surface area contributed by atoms with Crippen LogP contribution in [0.15, 0.2) is 81.3 Å². The van der Waals surface area contributed by atoms with Gasteiger partial charge in [-0.25, -0.2) is 15.4 Å². The Balaban J connectivity index is 1.96. The molecule has 0 unspecified atom stereocenters. The maximum atomic E-state index is 13.0. The van der Waals surface area contributed by atoms with Crippen molar-refractivity contribution < 1.29 is 17.9 Å². The minimum Gasteiger partial charge on any atom is -0.417 e. The van der Waals surface area contributed by atoms with E-state index in [2.05, 4.69) is 27.2 Å². The lowest BCUT2D eigenvalue weighted by molar-refractivity contribution is -0.137. The number of alkyl halides is 3. The number of nitrogens with one attached hydrogen (secondary N) is 2. The van der Waals surface area contributed by atoms with Crippen LogP contribution in [0.2, 0.25) is 0 Å². The van der Waals surface area contributed by atoms with Crippen molar-refractivity contribution in [2.24, 2.45) is 15.1 Å². The SMILES string of the molecule is C=NC(=N)C(N=C(C)c1cccc(C(F)(F)F)c1)=C1NN=C(c2ccccc2)O1. The van der Waals surface area contributed by atoms with Crippen molar-refractivity contribution in [3.8, 4) is 0 Å². The number of benzene rings is 2. The van der Waals surface area contributed by atoms with E-state index in [1.54, 1.807) is 12.1 Å². The van der Waals surface area contributed by atoms with Gasteiger partial charge in [-0.15, -0.1) is 5.10 Å². The lowest BCUT2D eigenvalue weighted by Gasteiger charge is -2.10. The van der Waals surface area contributed by atoms with Gasteiger partial charge in [-0.2, -0.15) is 13.2 Å². The summed E-state index contributed by atoms with van der Waals surface area (Å²) in [6.07, 6.45) is -4.47. The second-order valence-corrected chi connectivity index (χ2v) is 5.96. The molecular formula is C20H16F3N5O. The fraction of sp³-hybridized carbons (Fsp3) is 0.100. The van der Waals surface area contributed by atoms with Gasteiger partial charge in [0.25, 0.3) is 0 Å². The summed E-state index contributed by atoms with van der Waals surface area (Å²) in [5, 5.41) is 12.0. The van der Waals surface area contributed by atoms with E-state index in [-0.39, 0.29) is 34.6 Å². The molecule has 0 saturated carbocycles. The number of nitrogens with zero attached hydrogens (tertiary/aromatic N) is 3. The summed E-state index contributed by atoms with van der Waals surface area (Å²) in [5.74, 6) is -0.0159. The first kappa shape index (κ1) is 20.0. The number of hydrogen-bond donors (Lipinski definition) is 2. The van der Waals surface area contributed by atoms with Crippen LogP contribution in [0.3, 0.4) is 0 Å². The summed E-state index contributed by atoms with van der Waals surface area (Å²) in [6.45, 7) is 4.84. The van der Waals surface area contributed by atoms with Crippen LogP contribution in [0.4, 0.5) is 13.2 Å². The number of aliphatic imine (C=N–C) groups is 2. The van der Waals surface area contributed by atoms with E-state index >= 15 is 0 Å². The van der Waals surface area contributed by atoms with Gasteiger partial charge < -0.3 is 4.74 Å². The molecule has 1 aliphatic rings. The fourth-order valence-corrected chi connectivity index (χ4v) is 2.49. The molecule has 0 fully saturated rings. The zero-order chi connectivity index (χ0) is 21.0. The Labute approximate surface area is 164 Å². The third kappa shape index (κ3) is 4.57. The molecule has 0 aromatic heterocycles. The van der Waals surface area contributed by atoms with Crippen molar-refractivity contribution >= 4 is 24.2 Å². The van der Waals surface area contributed by atoms with Gasteiger partial charge in [-0.1, -0.05) is 30.3 Å². The molecule has 0 radical (unpaired) electrons. The molecule has 148 valence electrons.